The van der Waals surface area contributed by atoms with E-state index >= 15 is 0 Å². The number of anilines is 1. The van der Waals surface area contributed by atoms with E-state index < -0.39 is 23.1 Å². The van der Waals surface area contributed by atoms with Crippen molar-refractivity contribution in [2.24, 2.45) is 5.92 Å². The Morgan fingerprint density at radius 3 is 2.95 bits per heavy atom. The second-order valence-corrected chi connectivity index (χ2v) is 4.69. The van der Waals surface area contributed by atoms with Crippen LogP contribution in [0, 0.1) is 17.6 Å². The van der Waals surface area contributed by atoms with Gasteiger partial charge in [-0.1, -0.05) is 0 Å². The van der Waals surface area contributed by atoms with Gasteiger partial charge in [-0.15, -0.1) is 0 Å². The zero-order chi connectivity index (χ0) is 14.0. The first-order chi connectivity index (χ1) is 9.04. The van der Waals surface area contributed by atoms with Crippen LogP contribution in [0.5, 0.6) is 0 Å². The number of hydrogen-bond donors (Lipinski definition) is 1. The van der Waals surface area contributed by atoms with Gasteiger partial charge < -0.3 is 15.4 Å². The van der Waals surface area contributed by atoms with Crippen molar-refractivity contribution in [2.75, 3.05) is 32.5 Å². The molecule has 19 heavy (non-hydrogen) atoms. The highest BCUT2D eigenvalue weighted by Crippen LogP contribution is 2.24. The van der Waals surface area contributed by atoms with Gasteiger partial charge >= 0.3 is 0 Å². The number of carbonyl (C=O) groups is 1. The van der Waals surface area contributed by atoms with E-state index in [1.807, 2.05) is 0 Å². The van der Waals surface area contributed by atoms with E-state index in [1.54, 1.807) is 7.11 Å². The molecule has 0 aliphatic carbocycles. The van der Waals surface area contributed by atoms with Crippen LogP contribution < -0.4 is 5.73 Å². The highest BCUT2D eigenvalue weighted by Gasteiger charge is 2.30. The summed E-state index contributed by atoms with van der Waals surface area (Å²) in [5, 5.41) is 0. The number of carbonyl (C=O) groups excluding carboxylic acids is 1. The van der Waals surface area contributed by atoms with Crippen LogP contribution in [0.3, 0.4) is 0 Å². The molecule has 1 aromatic rings. The second kappa shape index (κ2) is 5.52. The summed E-state index contributed by atoms with van der Waals surface area (Å²) in [6.45, 7) is 1.45. The predicted molar refractivity (Wildman–Crippen MR) is 66.7 cm³/mol. The lowest BCUT2D eigenvalue weighted by molar-refractivity contribution is 0.0766. The molecule has 1 amide bonds. The zero-order valence-corrected chi connectivity index (χ0v) is 10.7. The molecule has 1 heterocycles. The average Bonchev–Trinajstić information content (AvgIpc) is 2.83. The summed E-state index contributed by atoms with van der Waals surface area (Å²) in [4.78, 5) is 13.6. The van der Waals surface area contributed by atoms with Crippen molar-refractivity contribution in [1.29, 1.82) is 0 Å². The minimum atomic E-state index is -0.986. The quantitative estimate of drug-likeness (QED) is 0.850. The monoisotopic (exact) mass is 270 g/mol. The molecule has 2 N–H and O–H groups in total. The van der Waals surface area contributed by atoms with Crippen LogP contribution in [0.2, 0.25) is 0 Å². The molecule has 4 nitrogen and oxygen atoms in total. The Kier molecular flexibility index (Phi) is 3.99. The predicted octanol–water partition coefficient (Wildman–Crippen LogP) is 1.66. The minimum absolute atomic E-state index is 0.209. The molecule has 1 aliphatic rings. The van der Waals surface area contributed by atoms with Gasteiger partial charge in [-0.05, 0) is 18.6 Å². The first-order valence-corrected chi connectivity index (χ1v) is 6.06. The van der Waals surface area contributed by atoms with Crippen molar-refractivity contribution >= 4 is 11.6 Å². The normalized spacial score (nSPS) is 18.9. The average molecular weight is 270 g/mol. The molecule has 0 saturated carbocycles. The van der Waals surface area contributed by atoms with E-state index in [1.165, 1.54) is 4.90 Å². The highest BCUT2D eigenvalue weighted by atomic mass is 19.1. The minimum Gasteiger partial charge on any atom is -0.396 e. The number of hydrogen-bond acceptors (Lipinski definition) is 3. The first-order valence-electron chi connectivity index (χ1n) is 6.06. The summed E-state index contributed by atoms with van der Waals surface area (Å²) in [6.07, 6.45) is 0.769. The van der Waals surface area contributed by atoms with Crippen molar-refractivity contribution in [3.05, 3.63) is 29.3 Å². The molecule has 1 fully saturated rings. The van der Waals surface area contributed by atoms with E-state index in [9.17, 15) is 13.6 Å². The number of methoxy groups -OCH3 is 1. The van der Waals surface area contributed by atoms with Gasteiger partial charge in [0.2, 0.25) is 0 Å². The molecule has 1 saturated heterocycles. The molecule has 1 unspecified atom stereocenters. The molecule has 0 radical (unpaired) electrons. The van der Waals surface area contributed by atoms with Crippen LogP contribution in [0.25, 0.3) is 0 Å². The lowest BCUT2D eigenvalue weighted by atomic mass is 10.1. The second-order valence-electron chi connectivity index (χ2n) is 4.69. The van der Waals surface area contributed by atoms with Gasteiger partial charge in [0.05, 0.1) is 12.3 Å². The number of likely N-dealkylation sites (tertiary alicyclic amines) is 1. The lowest BCUT2D eigenvalue weighted by Crippen LogP contribution is -2.31. The molecule has 1 aromatic carbocycles. The fraction of sp³-hybridized carbons (Fsp3) is 0.462. The molecule has 1 aliphatic heterocycles. The Morgan fingerprint density at radius 2 is 2.26 bits per heavy atom. The number of nitrogens with zero attached hydrogens (tertiary/aromatic N) is 1. The lowest BCUT2D eigenvalue weighted by Gasteiger charge is -2.17. The fourth-order valence-electron chi connectivity index (χ4n) is 2.31. The number of nitrogen functional groups attached to an aromatic ring is 1. The number of benzene rings is 1. The van der Waals surface area contributed by atoms with Crippen LogP contribution in [-0.2, 0) is 4.74 Å². The summed E-state index contributed by atoms with van der Waals surface area (Å²) in [6, 6.07) is 2.12. The van der Waals surface area contributed by atoms with Gasteiger partial charge in [-0.2, -0.15) is 0 Å². The van der Waals surface area contributed by atoms with E-state index in [2.05, 4.69) is 0 Å². The van der Waals surface area contributed by atoms with Gasteiger partial charge in [0.1, 0.15) is 11.4 Å². The van der Waals surface area contributed by atoms with E-state index in [4.69, 9.17) is 10.5 Å². The summed E-state index contributed by atoms with van der Waals surface area (Å²) in [5.41, 5.74) is 4.57. The molecule has 6 heteroatoms. The van der Waals surface area contributed by atoms with E-state index in [0.29, 0.717) is 19.7 Å². The first kappa shape index (κ1) is 13.7. The summed E-state index contributed by atoms with van der Waals surface area (Å²) in [5.74, 6) is -2.31. The third-order valence-electron chi connectivity index (χ3n) is 3.31. The van der Waals surface area contributed by atoms with Gasteiger partial charge in [-0.3, -0.25) is 4.79 Å². The smallest absolute Gasteiger partial charge is 0.259 e. The molecule has 2 rings (SSSR count). The molecule has 104 valence electrons. The maximum absolute atomic E-state index is 13.8. The Bertz CT molecular complexity index is 494. The Balaban J connectivity index is 2.19. The number of amides is 1. The van der Waals surface area contributed by atoms with Crippen LogP contribution in [0.1, 0.15) is 16.8 Å². The van der Waals surface area contributed by atoms with Crippen molar-refractivity contribution in [1.82, 2.24) is 4.90 Å². The molecule has 0 spiro atoms. The molecular weight excluding hydrogens is 254 g/mol. The molecule has 0 bridgehead atoms. The number of rotatable bonds is 3. The van der Waals surface area contributed by atoms with Crippen molar-refractivity contribution in [2.45, 2.75) is 6.42 Å². The van der Waals surface area contributed by atoms with Crippen molar-refractivity contribution in [3.8, 4) is 0 Å². The fourth-order valence-corrected chi connectivity index (χ4v) is 2.31. The molecular formula is C13H16F2N2O2. The van der Waals surface area contributed by atoms with Crippen LogP contribution in [0.4, 0.5) is 14.5 Å². The number of nitrogens with two attached hydrogens (primary N) is 1. The van der Waals surface area contributed by atoms with Crippen LogP contribution in [-0.4, -0.2) is 37.6 Å². The van der Waals surface area contributed by atoms with E-state index in [0.717, 1.165) is 18.6 Å². The Morgan fingerprint density at radius 1 is 1.53 bits per heavy atom. The Labute approximate surface area is 110 Å². The maximum Gasteiger partial charge on any atom is 0.259 e. The third-order valence-corrected chi connectivity index (χ3v) is 3.31. The SMILES string of the molecule is COCC1CCN(C(=O)c2c(F)ccc(N)c2F)C1. The van der Waals surface area contributed by atoms with Gasteiger partial charge in [-0.25, -0.2) is 8.78 Å². The summed E-state index contributed by atoms with van der Waals surface area (Å²) in [7, 11) is 1.59. The molecule has 1 atom stereocenters. The standard InChI is InChI=1S/C13H16F2N2O2/c1-19-7-8-4-5-17(6-8)13(18)11-9(14)2-3-10(16)12(11)15/h2-3,8H,4-7,16H2,1H3. The summed E-state index contributed by atoms with van der Waals surface area (Å²) >= 11 is 0. The topological polar surface area (TPSA) is 55.6 Å². The largest absolute Gasteiger partial charge is 0.396 e. The zero-order valence-electron chi connectivity index (χ0n) is 10.7. The number of ether oxygens (including phenoxy) is 1. The third kappa shape index (κ3) is 2.68. The molecule has 0 aromatic heterocycles. The van der Waals surface area contributed by atoms with Gasteiger partial charge in [0.25, 0.3) is 5.91 Å². The number of halogens is 2. The summed E-state index contributed by atoms with van der Waals surface area (Å²) < 4.78 is 32.4. The van der Waals surface area contributed by atoms with Gasteiger partial charge in [0.15, 0.2) is 5.82 Å². The van der Waals surface area contributed by atoms with Crippen LogP contribution >= 0.6 is 0 Å². The van der Waals surface area contributed by atoms with Crippen LogP contribution in [0.15, 0.2) is 12.1 Å². The van der Waals surface area contributed by atoms with Gasteiger partial charge in [0, 0.05) is 26.1 Å². The maximum atomic E-state index is 13.8. The van der Waals surface area contributed by atoms with Crippen molar-refractivity contribution in [3.63, 3.8) is 0 Å². The van der Waals surface area contributed by atoms with Crippen molar-refractivity contribution < 1.29 is 18.3 Å². The highest BCUT2D eigenvalue weighted by molar-refractivity contribution is 5.95. The van der Waals surface area contributed by atoms with E-state index in [-0.39, 0.29) is 11.6 Å². The Hall–Kier alpha value is -1.69.